The summed E-state index contributed by atoms with van der Waals surface area (Å²) in [5, 5.41) is 2.68. The number of pyridine rings is 2. The smallest absolute Gasteiger partial charge is 0.339 e. The Kier molecular flexibility index (Phi) is 7.93. The summed E-state index contributed by atoms with van der Waals surface area (Å²) >= 11 is 0. The lowest BCUT2D eigenvalue weighted by atomic mass is 10.2. The van der Waals surface area contributed by atoms with Gasteiger partial charge in [-0.1, -0.05) is 12.1 Å². The molecule has 0 saturated heterocycles. The molecule has 3 rings (SSSR count). The molecule has 0 radical (unpaired) electrons. The van der Waals surface area contributed by atoms with Crippen LogP contribution in [0.15, 0.2) is 54.7 Å². The van der Waals surface area contributed by atoms with E-state index in [9.17, 15) is 9.59 Å². The SMILES string of the molecule is COC[C@@H](C)Oc1cc(C(=O)Nc2ccc(C(=O)OC)cn2)cc(Oc2cccc(C)c2)n1. The number of carbonyl (C=O) groups excluding carboxylic acids is 2. The predicted octanol–water partition coefficient (Wildman–Crippen LogP) is 4.03. The van der Waals surface area contributed by atoms with Gasteiger partial charge in [0.05, 0.1) is 24.8 Å². The lowest BCUT2D eigenvalue weighted by molar-refractivity contribution is 0.0600. The van der Waals surface area contributed by atoms with Crippen molar-refractivity contribution in [3.63, 3.8) is 0 Å². The molecule has 0 aliphatic rings. The molecule has 172 valence electrons. The Morgan fingerprint density at radius 2 is 1.82 bits per heavy atom. The van der Waals surface area contributed by atoms with Gasteiger partial charge >= 0.3 is 5.97 Å². The zero-order valence-corrected chi connectivity index (χ0v) is 18.8. The minimum Gasteiger partial charge on any atom is -0.472 e. The number of benzene rings is 1. The molecule has 0 spiro atoms. The highest BCUT2D eigenvalue weighted by atomic mass is 16.5. The van der Waals surface area contributed by atoms with E-state index in [0.717, 1.165) is 5.56 Å². The Morgan fingerprint density at radius 3 is 2.48 bits per heavy atom. The van der Waals surface area contributed by atoms with Crippen LogP contribution in [0.4, 0.5) is 5.82 Å². The highest BCUT2D eigenvalue weighted by molar-refractivity contribution is 6.04. The second-order valence-corrected chi connectivity index (χ2v) is 7.21. The zero-order chi connectivity index (χ0) is 23.8. The van der Waals surface area contributed by atoms with Gasteiger partial charge in [-0.2, -0.15) is 4.98 Å². The number of hydrogen-bond donors (Lipinski definition) is 1. The van der Waals surface area contributed by atoms with E-state index in [4.69, 9.17) is 14.2 Å². The molecule has 3 aromatic rings. The maximum Gasteiger partial charge on any atom is 0.339 e. The average molecular weight is 451 g/mol. The average Bonchev–Trinajstić information content (AvgIpc) is 2.79. The second kappa shape index (κ2) is 11.1. The third kappa shape index (κ3) is 6.75. The maximum atomic E-state index is 12.9. The van der Waals surface area contributed by atoms with Crippen molar-refractivity contribution in [2.45, 2.75) is 20.0 Å². The summed E-state index contributed by atoms with van der Waals surface area (Å²) in [6.45, 7) is 4.12. The number of nitrogens with one attached hydrogen (secondary N) is 1. The number of nitrogens with zero attached hydrogens (tertiary/aromatic N) is 2. The van der Waals surface area contributed by atoms with Crippen molar-refractivity contribution < 1.29 is 28.5 Å². The molecule has 9 nitrogen and oxygen atoms in total. The lowest BCUT2D eigenvalue weighted by Crippen LogP contribution is -2.19. The van der Waals surface area contributed by atoms with Gasteiger partial charge in [0.2, 0.25) is 11.8 Å². The van der Waals surface area contributed by atoms with Gasteiger partial charge in [-0.25, -0.2) is 9.78 Å². The zero-order valence-electron chi connectivity index (χ0n) is 18.8. The third-order valence-electron chi connectivity index (χ3n) is 4.40. The van der Waals surface area contributed by atoms with Crippen molar-refractivity contribution in [2.24, 2.45) is 0 Å². The largest absolute Gasteiger partial charge is 0.472 e. The highest BCUT2D eigenvalue weighted by Gasteiger charge is 2.15. The first-order valence-electron chi connectivity index (χ1n) is 10.2. The van der Waals surface area contributed by atoms with Crippen LogP contribution in [0.25, 0.3) is 0 Å². The quantitative estimate of drug-likeness (QED) is 0.486. The minimum absolute atomic E-state index is 0.196. The number of esters is 1. The van der Waals surface area contributed by atoms with Crippen molar-refractivity contribution in [1.82, 2.24) is 9.97 Å². The first-order chi connectivity index (χ1) is 15.9. The predicted molar refractivity (Wildman–Crippen MR) is 121 cm³/mol. The number of methoxy groups -OCH3 is 2. The van der Waals surface area contributed by atoms with Crippen molar-refractivity contribution in [2.75, 3.05) is 26.1 Å². The molecule has 2 aromatic heterocycles. The first-order valence-corrected chi connectivity index (χ1v) is 10.2. The fraction of sp³-hybridized carbons (Fsp3) is 0.250. The van der Waals surface area contributed by atoms with Gasteiger partial charge in [0, 0.05) is 25.4 Å². The summed E-state index contributed by atoms with van der Waals surface area (Å²) in [5.41, 5.74) is 1.55. The Morgan fingerprint density at radius 1 is 1.03 bits per heavy atom. The molecule has 33 heavy (non-hydrogen) atoms. The lowest BCUT2D eigenvalue weighted by Gasteiger charge is -2.15. The molecular weight excluding hydrogens is 426 g/mol. The van der Waals surface area contributed by atoms with E-state index in [1.807, 2.05) is 32.0 Å². The van der Waals surface area contributed by atoms with Gasteiger partial charge in [0.15, 0.2) is 0 Å². The normalized spacial score (nSPS) is 11.4. The number of carbonyl (C=O) groups is 2. The number of rotatable bonds is 9. The van der Waals surface area contributed by atoms with Gasteiger partial charge in [-0.15, -0.1) is 0 Å². The van der Waals surface area contributed by atoms with E-state index in [-0.39, 0.29) is 34.8 Å². The molecule has 1 amide bonds. The summed E-state index contributed by atoms with van der Waals surface area (Å²) in [6, 6.07) is 13.5. The van der Waals surface area contributed by atoms with Gasteiger partial charge in [-0.3, -0.25) is 4.79 Å². The van der Waals surface area contributed by atoms with E-state index in [1.54, 1.807) is 13.2 Å². The van der Waals surface area contributed by atoms with Crippen LogP contribution >= 0.6 is 0 Å². The fourth-order valence-corrected chi connectivity index (χ4v) is 2.89. The molecule has 0 bridgehead atoms. The Bertz CT molecular complexity index is 1120. The topological polar surface area (TPSA) is 109 Å². The molecule has 9 heteroatoms. The van der Waals surface area contributed by atoms with Crippen molar-refractivity contribution in [1.29, 1.82) is 0 Å². The van der Waals surface area contributed by atoms with Crippen LogP contribution in [0.1, 0.15) is 33.2 Å². The molecule has 1 aromatic carbocycles. The molecular formula is C24H25N3O6. The Hall–Kier alpha value is -3.98. The summed E-state index contributed by atoms with van der Waals surface area (Å²) in [7, 11) is 2.85. The first kappa shape index (κ1) is 23.7. The van der Waals surface area contributed by atoms with Crippen molar-refractivity contribution >= 4 is 17.7 Å². The summed E-state index contributed by atoms with van der Waals surface area (Å²) < 4.78 is 21.4. The number of amides is 1. The van der Waals surface area contributed by atoms with E-state index in [1.165, 1.54) is 37.6 Å². The van der Waals surface area contributed by atoms with Gasteiger partial charge in [0.1, 0.15) is 17.7 Å². The standard InChI is InChI=1S/C24H25N3O6/c1-15-6-5-7-19(10-15)33-22-12-18(11-21(27-22)32-16(2)14-30-3)23(28)26-20-9-8-17(13-25-20)24(29)31-4/h5-13,16H,14H2,1-4H3,(H,25,26,28)/t16-/m1/s1. The van der Waals surface area contributed by atoms with Gasteiger partial charge in [-0.05, 0) is 43.7 Å². The van der Waals surface area contributed by atoms with Crippen LogP contribution < -0.4 is 14.8 Å². The summed E-state index contributed by atoms with van der Waals surface area (Å²) in [5.74, 6) is 0.288. The molecule has 0 saturated carbocycles. The number of aryl methyl sites for hydroxylation is 1. The van der Waals surface area contributed by atoms with Crippen LogP contribution in [-0.4, -0.2) is 48.8 Å². The molecule has 0 aliphatic heterocycles. The Labute approximate surface area is 191 Å². The van der Waals surface area contributed by atoms with E-state index in [2.05, 4.69) is 20.0 Å². The van der Waals surface area contributed by atoms with Crippen LogP contribution in [0.5, 0.6) is 17.5 Å². The third-order valence-corrected chi connectivity index (χ3v) is 4.40. The molecule has 0 fully saturated rings. The van der Waals surface area contributed by atoms with Crippen molar-refractivity contribution in [3.05, 3.63) is 71.4 Å². The molecule has 0 aliphatic carbocycles. The van der Waals surface area contributed by atoms with E-state index >= 15 is 0 Å². The van der Waals surface area contributed by atoms with E-state index in [0.29, 0.717) is 12.4 Å². The number of anilines is 1. The Balaban J connectivity index is 1.85. The fourth-order valence-electron chi connectivity index (χ4n) is 2.89. The van der Waals surface area contributed by atoms with Gasteiger partial charge in [0.25, 0.3) is 5.91 Å². The summed E-state index contributed by atoms with van der Waals surface area (Å²) in [4.78, 5) is 32.9. The van der Waals surface area contributed by atoms with Crippen LogP contribution in [0, 0.1) is 6.92 Å². The minimum atomic E-state index is -0.514. The summed E-state index contributed by atoms with van der Waals surface area (Å²) in [6.07, 6.45) is 1.03. The second-order valence-electron chi connectivity index (χ2n) is 7.21. The molecule has 1 atom stereocenters. The van der Waals surface area contributed by atoms with Crippen LogP contribution in [-0.2, 0) is 9.47 Å². The molecule has 1 N–H and O–H groups in total. The number of aromatic nitrogens is 2. The van der Waals surface area contributed by atoms with Crippen LogP contribution in [0.2, 0.25) is 0 Å². The highest BCUT2D eigenvalue weighted by Crippen LogP contribution is 2.25. The molecule has 2 heterocycles. The van der Waals surface area contributed by atoms with Crippen LogP contribution in [0.3, 0.4) is 0 Å². The maximum absolute atomic E-state index is 12.9. The number of ether oxygens (including phenoxy) is 4. The van der Waals surface area contributed by atoms with Crippen molar-refractivity contribution in [3.8, 4) is 17.5 Å². The van der Waals surface area contributed by atoms with Gasteiger partial charge < -0.3 is 24.3 Å². The monoisotopic (exact) mass is 451 g/mol. The number of hydrogen-bond acceptors (Lipinski definition) is 8. The molecule has 0 unspecified atom stereocenters. The van der Waals surface area contributed by atoms with E-state index < -0.39 is 11.9 Å².